The highest BCUT2D eigenvalue weighted by Gasteiger charge is 2.11. The van der Waals surface area contributed by atoms with Gasteiger partial charge in [-0.25, -0.2) is 15.0 Å². The fourth-order valence-electron chi connectivity index (χ4n) is 3.84. The molecule has 0 bridgehead atoms. The minimum atomic E-state index is -0.194. The van der Waals surface area contributed by atoms with E-state index in [9.17, 15) is 4.79 Å². The average Bonchev–Trinajstić information content (AvgIpc) is 3.54. The predicted octanol–water partition coefficient (Wildman–Crippen LogP) is 5.13. The lowest BCUT2D eigenvalue weighted by atomic mass is 10.1. The van der Waals surface area contributed by atoms with Crippen molar-refractivity contribution in [2.45, 2.75) is 6.54 Å². The van der Waals surface area contributed by atoms with Crippen LogP contribution in [-0.2, 0) is 6.54 Å². The Morgan fingerprint density at radius 3 is 2.59 bits per heavy atom. The number of hydrogen-bond acceptors (Lipinski definition) is 5. The van der Waals surface area contributed by atoms with Crippen molar-refractivity contribution in [3.8, 4) is 22.6 Å². The van der Waals surface area contributed by atoms with E-state index in [0.717, 1.165) is 33.4 Å². The van der Waals surface area contributed by atoms with Crippen LogP contribution in [0.1, 0.15) is 15.9 Å². The van der Waals surface area contributed by atoms with Crippen molar-refractivity contribution in [3.05, 3.63) is 109 Å². The molecule has 0 atom stereocenters. The van der Waals surface area contributed by atoms with Crippen molar-refractivity contribution in [1.82, 2.24) is 24.7 Å². The van der Waals surface area contributed by atoms with E-state index in [0.29, 0.717) is 23.8 Å². The number of nitrogens with one attached hydrogen (secondary N) is 1. The summed E-state index contributed by atoms with van der Waals surface area (Å²) in [7, 11) is 0. The summed E-state index contributed by atoms with van der Waals surface area (Å²) in [5, 5.41) is 2.92. The Morgan fingerprint density at radius 2 is 1.74 bits per heavy atom. The minimum Gasteiger partial charge on any atom is -0.436 e. The molecular weight excluding hydrogens is 426 g/mol. The number of amides is 1. The van der Waals surface area contributed by atoms with Crippen LogP contribution in [0.4, 0.5) is 0 Å². The number of carbonyl (C=O) groups excluding carboxylic acids is 1. The number of oxazole rings is 1. The van der Waals surface area contributed by atoms with Gasteiger partial charge in [0.2, 0.25) is 11.7 Å². The van der Waals surface area contributed by atoms with Gasteiger partial charge < -0.3 is 9.73 Å². The van der Waals surface area contributed by atoms with Gasteiger partial charge in [-0.05, 0) is 41.0 Å². The summed E-state index contributed by atoms with van der Waals surface area (Å²) >= 11 is 0. The summed E-state index contributed by atoms with van der Waals surface area (Å²) in [5.41, 5.74) is 6.12. The highest BCUT2D eigenvalue weighted by Crippen LogP contribution is 2.28. The molecule has 3 aromatic carbocycles. The standard InChI is InChI=1S/C27H19N5O2/c33-25(22-16-30-27-28-12-13-32(27)17-22)29-15-18-6-8-20(9-7-18)26-31-23-14-21(10-11-24(23)34-26)19-4-2-1-3-5-19/h1-14,16-17H,15H2,(H,29,33). The monoisotopic (exact) mass is 445 g/mol. The summed E-state index contributed by atoms with van der Waals surface area (Å²) in [6, 6.07) is 24.0. The summed E-state index contributed by atoms with van der Waals surface area (Å²) in [6.07, 6.45) is 6.64. The first-order chi connectivity index (χ1) is 16.7. The molecule has 3 heterocycles. The van der Waals surface area contributed by atoms with Gasteiger partial charge in [0.15, 0.2) is 5.58 Å². The van der Waals surface area contributed by atoms with Gasteiger partial charge in [-0.1, -0.05) is 48.5 Å². The zero-order valence-electron chi connectivity index (χ0n) is 18.1. The SMILES string of the molecule is O=C(NCc1ccc(-c2nc3cc(-c4ccccc4)ccc3o2)cc1)c1cnc2nccn2c1. The van der Waals surface area contributed by atoms with Crippen LogP contribution < -0.4 is 5.32 Å². The van der Waals surface area contributed by atoms with Gasteiger partial charge in [-0.15, -0.1) is 0 Å². The summed E-state index contributed by atoms with van der Waals surface area (Å²) in [4.78, 5) is 25.4. The number of carbonyl (C=O) groups is 1. The zero-order chi connectivity index (χ0) is 22.9. The van der Waals surface area contributed by atoms with Crippen LogP contribution in [0.5, 0.6) is 0 Å². The molecule has 0 radical (unpaired) electrons. The third-order valence-electron chi connectivity index (χ3n) is 5.66. The van der Waals surface area contributed by atoms with Gasteiger partial charge >= 0.3 is 0 Å². The van der Waals surface area contributed by atoms with Gasteiger partial charge in [0.1, 0.15) is 5.52 Å². The Labute approximate surface area is 194 Å². The molecular formula is C27H19N5O2. The molecule has 7 nitrogen and oxygen atoms in total. The second-order valence-corrected chi connectivity index (χ2v) is 7.92. The number of imidazole rings is 1. The maximum atomic E-state index is 12.5. The van der Waals surface area contributed by atoms with Gasteiger partial charge in [0.05, 0.1) is 5.56 Å². The fourth-order valence-corrected chi connectivity index (χ4v) is 3.84. The molecule has 0 spiro atoms. The number of benzene rings is 3. The summed E-state index contributed by atoms with van der Waals surface area (Å²) in [5.74, 6) is 0.929. The first-order valence-electron chi connectivity index (χ1n) is 10.9. The lowest BCUT2D eigenvalue weighted by Crippen LogP contribution is -2.23. The van der Waals surface area contributed by atoms with Crippen LogP contribution in [-0.4, -0.2) is 25.3 Å². The minimum absolute atomic E-state index is 0.194. The normalized spacial score (nSPS) is 11.2. The molecule has 3 aromatic heterocycles. The van der Waals surface area contributed by atoms with Crippen molar-refractivity contribution in [3.63, 3.8) is 0 Å². The van der Waals surface area contributed by atoms with Gasteiger partial charge in [-0.3, -0.25) is 9.20 Å². The second kappa shape index (κ2) is 8.29. The Hall–Kier alpha value is -4.78. The second-order valence-electron chi connectivity index (χ2n) is 7.92. The van der Waals surface area contributed by atoms with E-state index in [1.165, 1.54) is 6.20 Å². The van der Waals surface area contributed by atoms with Crippen LogP contribution in [0.15, 0.2) is 102 Å². The fraction of sp³-hybridized carbons (Fsp3) is 0.0370. The largest absolute Gasteiger partial charge is 0.436 e. The van der Waals surface area contributed by atoms with E-state index in [1.54, 1.807) is 23.0 Å². The molecule has 0 fully saturated rings. The van der Waals surface area contributed by atoms with Crippen molar-refractivity contribution in [2.24, 2.45) is 0 Å². The van der Waals surface area contributed by atoms with Crippen molar-refractivity contribution < 1.29 is 9.21 Å². The van der Waals surface area contributed by atoms with Gasteiger partial charge in [0.25, 0.3) is 5.91 Å². The van der Waals surface area contributed by atoms with Crippen molar-refractivity contribution >= 4 is 22.8 Å². The molecule has 0 aliphatic carbocycles. The van der Waals surface area contributed by atoms with Crippen molar-refractivity contribution in [1.29, 1.82) is 0 Å². The zero-order valence-corrected chi connectivity index (χ0v) is 18.1. The first-order valence-corrected chi connectivity index (χ1v) is 10.9. The molecule has 0 unspecified atom stereocenters. The molecule has 0 aliphatic heterocycles. The molecule has 6 rings (SSSR count). The molecule has 1 N–H and O–H groups in total. The number of nitrogens with zero attached hydrogens (tertiary/aromatic N) is 4. The highest BCUT2D eigenvalue weighted by atomic mass is 16.3. The number of aromatic nitrogens is 4. The van der Waals surface area contributed by atoms with Gasteiger partial charge in [0, 0.05) is 36.9 Å². The summed E-state index contributed by atoms with van der Waals surface area (Å²) < 4.78 is 7.69. The number of hydrogen-bond donors (Lipinski definition) is 1. The molecule has 0 aliphatic rings. The smallest absolute Gasteiger partial charge is 0.254 e. The van der Waals surface area contributed by atoms with Crippen LogP contribution in [0.25, 0.3) is 39.5 Å². The number of rotatable bonds is 5. The van der Waals surface area contributed by atoms with E-state index in [-0.39, 0.29) is 5.91 Å². The van der Waals surface area contributed by atoms with Crippen LogP contribution in [0.2, 0.25) is 0 Å². The molecule has 0 saturated heterocycles. The van der Waals surface area contributed by atoms with Crippen LogP contribution >= 0.6 is 0 Å². The first kappa shape index (κ1) is 19.9. The van der Waals surface area contributed by atoms with Gasteiger partial charge in [-0.2, -0.15) is 0 Å². The average molecular weight is 445 g/mol. The maximum absolute atomic E-state index is 12.5. The molecule has 1 amide bonds. The summed E-state index contributed by atoms with van der Waals surface area (Å²) in [6.45, 7) is 0.398. The molecule has 6 aromatic rings. The highest BCUT2D eigenvalue weighted by molar-refractivity contribution is 5.93. The number of fused-ring (bicyclic) bond motifs is 2. The van der Waals surface area contributed by atoms with E-state index in [4.69, 9.17) is 4.42 Å². The van der Waals surface area contributed by atoms with Crippen molar-refractivity contribution in [2.75, 3.05) is 0 Å². The van der Waals surface area contributed by atoms with Crippen LogP contribution in [0, 0.1) is 0 Å². The van der Waals surface area contributed by atoms with Crippen LogP contribution in [0.3, 0.4) is 0 Å². The van der Waals surface area contributed by atoms with E-state index < -0.39 is 0 Å². The van der Waals surface area contributed by atoms with E-state index in [1.807, 2.05) is 60.7 Å². The Morgan fingerprint density at radius 1 is 0.912 bits per heavy atom. The molecule has 34 heavy (non-hydrogen) atoms. The topological polar surface area (TPSA) is 85.3 Å². The third-order valence-corrected chi connectivity index (χ3v) is 5.66. The Balaban J connectivity index is 1.16. The Bertz CT molecular complexity index is 1620. The lowest BCUT2D eigenvalue weighted by Gasteiger charge is -2.06. The Kier molecular flexibility index (Phi) is 4.85. The quantitative estimate of drug-likeness (QED) is 0.397. The lowest BCUT2D eigenvalue weighted by molar-refractivity contribution is 0.0950. The molecule has 164 valence electrons. The molecule has 0 saturated carbocycles. The predicted molar refractivity (Wildman–Crippen MR) is 129 cm³/mol. The maximum Gasteiger partial charge on any atom is 0.254 e. The van der Waals surface area contributed by atoms with E-state index in [2.05, 4.69) is 32.4 Å². The third kappa shape index (κ3) is 3.80. The molecule has 7 heteroatoms. The van der Waals surface area contributed by atoms with E-state index >= 15 is 0 Å².